The Kier molecular flexibility index (Phi) is 12.2. The first-order chi connectivity index (χ1) is 20.7. The van der Waals surface area contributed by atoms with Crippen molar-refractivity contribution in [3.63, 3.8) is 0 Å². The Labute approximate surface area is 254 Å². The van der Waals surface area contributed by atoms with E-state index >= 15 is 0 Å². The Bertz CT molecular complexity index is 1460. The number of carbonyl (C=O) groups excluding carboxylic acids is 2. The number of carbonyl (C=O) groups is 2. The summed E-state index contributed by atoms with van der Waals surface area (Å²) in [6.07, 6.45) is 2.02. The first kappa shape index (κ1) is 33.3. The number of nitrogens with one attached hydrogen (secondary N) is 1. The van der Waals surface area contributed by atoms with Gasteiger partial charge in [-0.15, -0.1) is 0 Å². The minimum Gasteiger partial charge on any atom is -0.497 e. The van der Waals surface area contributed by atoms with Crippen LogP contribution < -0.4 is 23.8 Å². The Morgan fingerprint density at radius 2 is 1.56 bits per heavy atom. The molecule has 0 saturated carbocycles. The summed E-state index contributed by atoms with van der Waals surface area (Å²) in [6, 6.07) is 18.9. The highest BCUT2D eigenvalue weighted by Crippen LogP contribution is 2.36. The first-order valence-corrected chi connectivity index (χ1v) is 15.6. The van der Waals surface area contributed by atoms with Crippen molar-refractivity contribution in [1.29, 1.82) is 0 Å². The van der Waals surface area contributed by atoms with Crippen LogP contribution in [-0.4, -0.2) is 65.6 Å². The molecule has 0 saturated heterocycles. The van der Waals surface area contributed by atoms with Crippen molar-refractivity contribution in [2.75, 3.05) is 38.7 Å². The van der Waals surface area contributed by atoms with E-state index in [1.54, 1.807) is 55.6 Å². The van der Waals surface area contributed by atoms with E-state index in [1.807, 2.05) is 19.9 Å². The summed E-state index contributed by atoms with van der Waals surface area (Å²) in [5.74, 6) is 0.344. The van der Waals surface area contributed by atoms with Crippen molar-refractivity contribution in [2.24, 2.45) is 0 Å². The Hall–Kier alpha value is -4.25. The zero-order chi connectivity index (χ0) is 31.4. The molecule has 3 aromatic carbocycles. The fourth-order valence-corrected chi connectivity index (χ4v) is 6.06. The smallest absolute Gasteiger partial charge is 0.264 e. The molecule has 1 atom stereocenters. The SMILES string of the molecule is CCCCNC(=O)C(CC)N(Cc1cccc(OC)c1)C(=O)CN(c1cc(OC)ccc1OC)S(=O)(=O)c1ccccc1. The van der Waals surface area contributed by atoms with Gasteiger partial charge < -0.3 is 24.4 Å². The average Bonchev–Trinajstić information content (AvgIpc) is 3.03. The van der Waals surface area contributed by atoms with Crippen molar-refractivity contribution in [1.82, 2.24) is 10.2 Å². The number of rotatable bonds is 16. The second-order valence-corrected chi connectivity index (χ2v) is 11.7. The van der Waals surface area contributed by atoms with Crippen LogP contribution in [0.25, 0.3) is 0 Å². The van der Waals surface area contributed by atoms with E-state index < -0.39 is 28.5 Å². The van der Waals surface area contributed by atoms with Crippen molar-refractivity contribution < 1.29 is 32.2 Å². The molecule has 3 aromatic rings. The number of nitrogens with zero attached hydrogens (tertiary/aromatic N) is 2. The number of unbranched alkanes of at least 4 members (excludes halogenated alkanes) is 1. The van der Waals surface area contributed by atoms with Gasteiger partial charge in [-0.3, -0.25) is 13.9 Å². The lowest BCUT2D eigenvalue weighted by molar-refractivity contribution is -0.140. The highest BCUT2D eigenvalue weighted by molar-refractivity contribution is 7.92. The Morgan fingerprint density at radius 3 is 2.19 bits per heavy atom. The molecule has 11 heteroatoms. The van der Waals surface area contributed by atoms with Gasteiger partial charge in [0.25, 0.3) is 10.0 Å². The average molecular weight is 612 g/mol. The maximum atomic E-state index is 14.3. The van der Waals surface area contributed by atoms with Crippen LogP contribution in [0, 0.1) is 0 Å². The molecule has 0 radical (unpaired) electrons. The third kappa shape index (κ3) is 8.41. The number of ether oxygens (including phenoxy) is 3. The van der Waals surface area contributed by atoms with Gasteiger partial charge in [0.2, 0.25) is 11.8 Å². The summed E-state index contributed by atoms with van der Waals surface area (Å²) in [5.41, 5.74) is 0.852. The largest absolute Gasteiger partial charge is 0.497 e. The van der Waals surface area contributed by atoms with Crippen LogP contribution in [0.15, 0.2) is 77.7 Å². The molecular weight excluding hydrogens is 570 g/mol. The lowest BCUT2D eigenvalue weighted by atomic mass is 10.1. The summed E-state index contributed by atoms with van der Waals surface area (Å²) >= 11 is 0. The normalized spacial score (nSPS) is 11.7. The number of benzene rings is 3. The predicted octanol–water partition coefficient (Wildman–Crippen LogP) is 4.63. The fraction of sp³-hybridized carbons (Fsp3) is 0.375. The standard InChI is InChI=1S/C32H41N3O7S/c1-6-8-19-33-32(37)28(7-2)34(22-24-13-12-14-25(20-24)40-3)31(36)23-35(43(38,39)27-15-10-9-11-16-27)29-21-26(41-4)17-18-30(29)42-5/h9-18,20-21,28H,6-8,19,22-23H2,1-5H3,(H,33,37). The van der Waals surface area contributed by atoms with Crippen LogP contribution in [0.2, 0.25) is 0 Å². The number of amides is 2. The third-order valence-electron chi connectivity index (χ3n) is 6.97. The molecule has 0 bridgehead atoms. The van der Waals surface area contributed by atoms with Crippen molar-refractivity contribution in [2.45, 2.75) is 50.6 Å². The van der Waals surface area contributed by atoms with Crippen LogP contribution in [0.1, 0.15) is 38.7 Å². The molecular formula is C32H41N3O7S. The molecule has 0 heterocycles. The van der Waals surface area contributed by atoms with Gasteiger partial charge in [0.15, 0.2) is 0 Å². The molecule has 3 rings (SSSR count). The monoisotopic (exact) mass is 611 g/mol. The molecule has 0 spiro atoms. The number of hydrogen-bond donors (Lipinski definition) is 1. The molecule has 0 aliphatic heterocycles. The van der Waals surface area contributed by atoms with E-state index in [1.165, 1.54) is 37.3 Å². The Balaban J connectivity index is 2.12. The lowest BCUT2D eigenvalue weighted by Crippen LogP contribution is -2.52. The van der Waals surface area contributed by atoms with Gasteiger partial charge in [0, 0.05) is 19.2 Å². The molecule has 43 heavy (non-hydrogen) atoms. The van der Waals surface area contributed by atoms with E-state index in [2.05, 4.69) is 5.32 Å². The topological polar surface area (TPSA) is 114 Å². The van der Waals surface area contributed by atoms with Gasteiger partial charge in [-0.1, -0.05) is 50.6 Å². The minimum atomic E-state index is -4.26. The summed E-state index contributed by atoms with van der Waals surface area (Å²) < 4.78 is 45.5. The highest BCUT2D eigenvalue weighted by atomic mass is 32.2. The van der Waals surface area contributed by atoms with Crippen LogP contribution in [0.3, 0.4) is 0 Å². The molecule has 0 aliphatic carbocycles. The predicted molar refractivity (Wildman–Crippen MR) is 166 cm³/mol. The van der Waals surface area contributed by atoms with Crippen molar-refractivity contribution in [3.05, 3.63) is 78.4 Å². The molecule has 232 valence electrons. The van der Waals surface area contributed by atoms with Gasteiger partial charge in [-0.2, -0.15) is 0 Å². The molecule has 0 aliphatic rings. The minimum absolute atomic E-state index is 0.00336. The molecule has 10 nitrogen and oxygen atoms in total. The number of hydrogen-bond acceptors (Lipinski definition) is 7. The third-order valence-corrected chi connectivity index (χ3v) is 8.74. The number of anilines is 1. The maximum Gasteiger partial charge on any atom is 0.264 e. The summed E-state index contributed by atoms with van der Waals surface area (Å²) in [4.78, 5) is 29.1. The Morgan fingerprint density at radius 1 is 0.860 bits per heavy atom. The lowest BCUT2D eigenvalue weighted by Gasteiger charge is -2.33. The van der Waals surface area contributed by atoms with E-state index in [4.69, 9.17) is 14.2 Å². The van der Waals surface area contributed by atoms with E-state index in [9.17, 15) is 18.0 Å². The molecule has 2 amide bonds. The van der Waals surface area contributed by atoms with E-state index in [0.29, 0.717) is 24.5 Å². The summed E-state index contributed by atoms with van der Waals surface area (Å²) in [7, 11) is 0.167. The summed E-state index contributed by atoms with van der Waals surface area (Å²) in [5, 5.41) is 2.93. The molecule has 0 fully saturated rings. The van der Waals surface area contributed by atoms with Crippen molar-refractivity contribution >= 4 is 27.5 Å². The van der Waals surface area contributed by atoms with Gasteiger partial charge in [0.05, 0.1) is 31.9 Å². The first-order valence-electron chi connectivity index (χ1n) is 14.2. The molecule has 1 unspecified atom stereocenters. The van der Waals surface area contributed by atoms with Gasteiger partial charge in [-0.25, -0.2) is 8.42 Å². The zero-order valence-electron chi connectivity index (χ0n) is 25.4. The molecule has 0 aromatic heterocycles. The van der Waals surface area contributed by atoms with Gasteiger partial charge in [-0.05, 0) is 54.8 Å². The number of sulfonamides is 1. The van der Waals surface area contributed by atoms with Gasteiger partial charge in [0.1, 0.15) is 29.8 Å². The number of methoxy groups -OCH3 is 3. The zero-order valence-corrected chi connectivity index (χ0v) is 26.2. The second-order valence-electron chi connectivity index (χ2n) is 9.80. The van der Waals surface area contributed by atoms with E-state index in [-0.39, 0.29) is 28.8 Å². The van der Waals surface area contributed by atoms with Crippen LogP contribution in [-0.2, 0) is 26.2 Å². The highest BCUT2D eigenvalue weighted by Gasteiger charge is 2.35. The summed E-state index contributed by atoms with van der Waals surface area (Å²) in [6.45, 7) is 3.78. The maximum absolute atomic E-state index is 14.3. The van der Waals surface area contributed by atoms with Crippen LogP contribution in [0.5, 0.6) is 17.2 Å². The van der Waals surface area contributed by atoms with Crippen LogP contribution in [0.4, 0.5) is 5.69 Å². The van der Waals surface area contributed by atoms with Crippen molar-refractivity contribution in [3.8, 4) is 17.2 Å². The van der Waals surface area contributed by atoms with Gasteiger partial charge >= 0.3 is 0 Å². The molecule has 1 N–H and O–H groups in total. The second kappa shape index (κ2) is 15.8. The van der Waals surface area contributed by atoms with Crippen LogP contribution >= 0.6 is 0 Å². The van der Waals surface area contributed by atoms with E-state index in [0.717, 1.165) is 22.7 Å². The quantitative estimate of drug-likeness (QED) is 0.235. The fourth-order valence-electron chi connectivity index (χ4n) is 4.62.